The largest absolute Gasteiger partial charge is 0.507 e. The fourth-order valence-corrected chi connectivity index (χ4v) is 1.67. The summed E-state index contributed by atoms with van der Waals surface area (Å²) in [5.41, 5.74) is 0.443. The number of carboxylic acids is 1. The Kier molecular flexibility index (Phi) is 3.39. The van der Waals surface area contributed by atoms with Crippen molar-refractivity contribution in [2.75, 3.05) is 0 Å². The molecule has 2 N–H and O–H groups in total. The molecule has 0 aliphatic heterocycles. The zero-order valence-corrected chi connectivity index (χ0v) is 9.92. The summed E-state index contributed by atoms with van der Waals surface area (Å²) in [5.74, 6) is -1.75. The number of aromatic carboxylic acids is 1. The number of benzene rings is 1. The molecule has 0 amide bonds. The molecule has 0 bridgehead atoms. The number of aromatic nitrogens is 2. The Bertz CT molecular complexity index is 650. The van der Waals surface area contributed by atoms with Gasteiger partial charge in [-0.3, -0.25) is 4.68 Å². The van der Waals surface area contributed by atoms with Gasteiger partial charge in [0.2, 0.25) is 0 Å². The van der Waals surface area contributed by atoms with E-state index in [2.05, 4.69) is 5.10 Å². The van der Waals surface area contributed by atoms with Crippen molar-refractivity contribution in [3.05, 3.63) is 36.2 Å². The molecule has 1 aromatic heterocycles. The Morgan fingerprint density at radius 2 is 2.00 bits per heavy atom. The van der Waals surface area contributed by atoms with Crippen LogP contribution in [0.5, 0.6) is 5.75 Å². The molecule has 0 saturated carbocycles. The highest BCUT2D eigenvalue weighted by molar-refractivity contribution is 5.91. The van der Waals surface area contributed by atoms with Crippen LogP contribution in [0, 0.1) is 0 Å². The lowest BCUT2D eigenvalue weighted by Crippen LogP contribution is -2.17. The van der Waals surface area contributed by atoms with Gasteiger partial charge in [0.1, 0.15) is 17.9 Å². The first-order valence-electron chi connectivity index (χ1n) is 5.42. The number of carboxylic acid groups (broad SMARTS) is 1. The van der Waals surface area contributed by atoms with E-state index < -0.39 is 24.4 Å². The standard InChI is InChI=1S/C12H9F3N2O3/c13-12(14,15)6-17-5-8(4-16-17)7-1-2-9(11(19)20)10(18)3-7/h1-5,18H,6H2,(H,19,20). The molecule has 20 heavy (non-hydrogen) atoms. The minimum Gasteiger partial charge on any atom is -0.507 e. The third-order valence-electron chi connectivity index (χ3n) is 2.54. The van der Waals surface area contributed by atoms with Gasteiger partial charge >= 0.3 is 12.1 Å². The van der Waals surface area contributed by atoms with Crippen LogP contribution in [0.3, 0.4) is 0 Å². The van der Waals surface area contributed by atoms with E-state index in [9.17, 15) is 23.1 Å². The van der Waals surface area contributed by atoms with Crippen molar-refractivity contribution in [1.29, 1.82) is 0 Å². The fraction of sp³-hybridized carbons (Fsp3) is 0.167. The van der Waals surface area contributed by atoms with E-state index in [1.54, 1.807) is 0 Å². The molecule has 5 nitrogen and oxygen atoms in total. The molecule has 0 unspecified atom stereocenters. The van der Waals surface area contributed by atoms with Crippen molar-refractivity contribution in [2.45, 2.75) is 12.7 Å². The van der Waals surface area contributed by atoms with Crippen LogP contribution in [-0.4, -0.2) is 32.1 Å². The maximum atomic E-state index is 12.2. The van der Waals surface area contributed by atoms with Crippen LogP contribution in [0.2, 0.25) is 0 Å². The van der Waals surface area contributed by atoms with Crippen LogP contribution in [0.4, 0.5) is 13.2 Å². The molecule has 0 aliphatic carbocycles. The molecule has 1 heterocycles. The van der Waals surface area contributed by atoms with Gasteiger partial charge in [0.25, 0.3) is 0 Å². The molecule has 0 atom stereocenters. The van der Waals surface area contributed by atoms with Crippen molar-refractivity contribution >= 4 is 5.97 Å². The zero-order chi connectivity index (χ0) is 14.9. The predicted octanol–water partition coefficient (Wildman–Crippen LogP) is 2.52. The topological polar surface area (TPSA) is 75.3 Å². The second-order valence-corrected chi connectivity index (χ2v) is 4.08. The van der Waals surface area contributed by atoms with Gasteiger partial charge in [-0.25, -0.2) is 4.79 Å². The molecule has 0 radical (unpaired) electrons. The smallest absolute Gasteiger partial charge is 0.408 e. The maximum Gasteiger partial charge on any atom is 0.408 e. The summed E-state index contributed by atoms with van der Waals surface area (Å²) in [6.45, 7) is -1.22. The molecule has 1 aromatic carbocycles. The van der Waals surface area contributed by atoms with Crippen molar-refractivity contribution in [3.63, 3.8) is 0 Å². The summed E-state index contributed by atoms with van der Waals surface area (Å²) >= 11 is 0. The number of aromatic hydroxyl groups is 1. The van der Waals surface area contributed by atoms with E-state index in [0.717, 1.165) is 4.68 Å². The van der Waals surface area contributed by atoms with Crippen LogP contribution in [0.15, 0.2) is 30.6 Å². The number of phenols is 1. The lowest BCUT2D eigenvalue weighted by molar-refractivity contribution is -0.142. The van der Waals surface area contributed by atoms with Crippen LogP contribution in [-0.2, 0) is 6.54 Å². The normalized spacial score (nSPS) is 11.6. The number of nitrogens with zero attached hydrogens (tertiary/aromatic N) is 2. The summed E-state index contributed by atoms with van der Waals surface area (Å²) in [4.78, 5) is 10.7. The van der Waals surface area contributed by atoms with Gasteiger partial charge in [-0.15, -0.1) is 0 Å². The average molecular weight is 286 g/mol. The van der Waals surface area contributed by atoms with Crippen LogP contribution < -0.4 is 0 Å². The third-order valence-corrected chi connectivity index (χ3v) is 2.54. The number of rotatable bonds is 3. The number of carbonyl (C=O) groups is 1. The van der Waals surface area contributed by atoms with E-state index in [-0.39, 0.29) is 5.56 Å². The van der Waals surface area contributed by atoms with E-state index in [4.69, 9.17) is 5.11 Å². The van der Waals surface area contributed by atoms with Gasteiger partial charge in [-0.05, 0) is 17.7 Å². The van der Waals surface area contributed by atoms with Crippen LogP contribution >= 0.6 is 0 Å². The number of alkyl halides is 3. The first kappa shape index (κ1) is 13.9. The molecular formula is C12H9F3N2O3. The van der Waals surface area contributed by atoms with Crippen molar-refractivity contribution in [2.24, 2.45) is 0 Å². The molecule has 0 fully saturated rings. The Morgan fingerprint density at radius 1 is 1.30 bits per heavy atom. The SMILES string of the molecule is O=C(O)c1ccc(-c2cnn(CC(F)(F)F)c2)cc1O. The quantitative estimate of drug-likeness (QED) is 0.909. The summed E-state index contributed by atoms with van der Waals surface area (Å²) < 4.78 is 37.3. The highest BCUT2D eigenvalue weighted by Crippen LogP contribution is 2.27. The Balaban J connectivity index is 2.29. The molecule has 2 rings (SSSR count). The Hall–Kier alpha value is -2.51. The van der Waals surface area contributed by atoms with Crippen molar-refractivity contribution in [3.8, 4) is 16.9 Å². The Labute approximate surface area is 110 Å². The lowest BCUT2D eigenvalue weighted by atomic mass is 10.1. The third kappa shape index (κ3) is 3.08. The maximum absolute atomic E-state index is 12.2. The Morgan fingerprint density at radius 3 is 2.55 bits per heavy atom. The highest BCUT2D eigenvalue weighted by atomic mass is 19.4. The molecule has 8 heteroatoms. The zero-order valence-electron chi connectivity index (χ0n) is 9.92. The van der Waals surface area contributed by atoms with E-state index in [1.807, 2.05) is 0 Å². The molecule has 106 valence electrons. The minimum atomic E-state index is -4.38. The molecule has 0 aliphatic rings. The van der Waals surface area contributed by atoms with Crippen LogP contribution in [0.1, 0.15) is 10.4 Å². The number of halogens is 3. The van der Waals surface area contributed by atoms with E-state index in [1.165, 1.54) is 30.6 Å². The van der Waals surface area contributed by atoms with E-state index in [0.29, 0.717) is 11.1 Å². The lowest BCUT2D eigenvalue weighted by Gasteiger charge is -2.05. The molecular weight excluding hydrogens is 277 g/mol. The summed E-state index contributed by atoms with van der Waals surface area (Å²) in [5, 5.41) is 21.8. The molecule has 0 spiro atoms. The first-order valence-corrected chi connectivity index (χ1v) is 5.42. The van der Waals surface area contributed by atoms with Crippen LogP contribution in [0.25, 0.3) is 11.1 Å². The van der Waals surface area contributed by atoms with Gasteiger partial charge in [-0.1, -0.05) is 6.07 Å². The van der Waals surface area contributed by atoms with Crippen molar-refractivity contribution < 1.29 is 28.2 Å². The summed E-state index contributed by atoms with van der Waals surface area (Å²) in [7, 11) is 0. The van der Waals surface area contributed by atoms with Gasteiger partial charge in [0.15, 0.2) is 0 Å². The van der Waals surface area contributed by atoms with Gasteiger partial charge < -0.3 is 10.2 Å². The first-order chi connectivity index (χ1) is 9.26. The summed E-state index contributed by atoms with van der Waals surface area (Å²) in [6.07, 6.45) is -2.00. The minimum absolute atomic E-state index is 0.281. The number of hydrogen-bond donors (Lipinski definition) is 2. The highest BCUT2D eigenvalue weighted by Gasteiger charge is 2.28. The second kappa shape index (κ2) is 4.87. The monoisotopic (exact) mass is 286 g/mol. The van der Waals surface area contributed by atoms with Crippen molar-refractivity contribution in [1.82, 2.24) is 9.78 Å². The second-order valence-electron chi connectivity index (χ2n) is 4.08. The average Bonchev–Trinajstić information content (AvgIpc) is 2.74. The molecule has 0 saturated heterocycles. The fourth-order valence-electron chi connectivity index (χ4n) is 1.67. The van der Waals surface area contributed by atoms with Gasteiger partial charge in [0.05, 0.1) is 6.20 Å². The summed E-state index contributed by atoms with van der Waals surface area (Å²) in [6, 6.07) is 3.73. The number of hydrogen-bond acceptors (Lipinski definition) is 3. The van der Waals surface area contributed by atoms with E-state index >= 15 is 0 Å². The predicted molar refractivity (Wildman–Crippen MR) is 62.3 cm³/mol. The van der Waals surface area contributed by atoms with Gasteiger partial charge in [-0.2, -0.15) is 18.3 Å². The van der Waals surface area contributed by atoms with Gasteiger partial charge in [0, 0.05) is 11.8 Å². The molecule has 2 aromatic rings.